The van der Waals surface area contributed by atoms with E-state index in [1.54, 1.807) is 6.92 Å². The molecule has 2 N–H and O–H groups in total. The zero-order chi connectivity index (χ0) is 17.9. The average molecular weight is 356 g/mol. The molecular weight excluding hydrogens is 332 g/mol. The van der Waals surface area contributed by atoms with Crippen LogP contribution in [0.3, 0.4) is 0 Å². The Kier molecular flexibility index (Phi) is 5.69. The summed E-state index contributed by atoms with van der Waals surface area (Å²) in [5.74, 6) is -0.815. The fourth-order valence-electron chi connectivity index (χ4n) is 2.58. The Morgan fingerprint density at radius 1 is 1.25 bits per heavy atom. The van der Waals surface area contributed by atoms with Gasteiger partial charge in [-0.1, -0.05) is 0 Å². The first kappa shape index (κ1) is 18.5. The molecule has 1 aromatic heterocycles. The molecule has 1 aromatic rings. The Bertz CT molecular complexity index is 600. The first-order chi connectivity index (χ1) is 11.1. The Morgan fingerprint density at radius 2 is 1.88 bits per heavy atom. The van der Waals surface area contributed by atoms with Crippen LogP contribution in [0, 0.1) is 6.92 Å². The maximum Gasteiger partial charge on any atom is 0.407 e. The number of carboxylic acids is 1. The summed E-state index contributed by atoms with van der Waals surface area (Å²) in [4.78, 5) is 27.3. The highest BCUT2D eigenvalue weighted by atomic mass is 32.1. The van der Waals surface area contributed by atoms with E-state index in [0.29, 0.717) is 5.01 Å². The van der Waals surface area contributed by atoms with Crippen LogP contribution < -0.4 is 10.1 Å². The molecule has 0 spiro atoms. The maximum absolute atomic E-state index is 11.8. The minimum Gasteiger partial charge on any atom is -0.477 e. The molecule has 0 saturated heterocycles. The maximum atomic E-state index is 11.8. The molecule has 8 heteroatoms. The zero-order valence-corrected chi connectivity index (χ0v) is 15.2. The van der Waals surface area contributed by atoms with E-state index in [4.69, 9.17) is 9.47 Å². The van der Waals surface area contributed by atoms with Crippen LogP contribution in [-0.2, 0) is 4.74 Å². The molecule has 24 heavy (non-hydrogen) atoms. The van der Waals surface area contributed by atoms with E-state index in [1.165, 1.54) is 0 Å². The topological polar surface area (TPSA) is 97.8 Å². The Morgan fingerprint density at radius 3 is 2.42 bits per heavy atom. The van der Waals surface area contributed by atoms with Crippen LogP contribution in [0.25, 0.3) is 0 Å². The predicted molar refractivity (Wildman–Crippen MR) is 89.9 cm³/mol. The molecule has 0 aliphatic heterocycles. The number of carbonyl (C=O) groups is 2. The fourth-order valence-corrected chi connectivity index (χ4v) is 3.27. The Hall–Kier alpha value is -1.83. The van der Waals surface area contributed by atoms with Gasteiger partial charge in [0.25, 0.3) is 0 Å². The van der Waals surface area contributed by atoms with E-state index in [1.807, 2.05) is 20.8 Å². The molecule has 7 nitrogen and oxygen atoms in total. The van der Waals surface area contributed by atoms with Gasteiger partial charge in [-0.3, -0.25) is 0 Å². The summed E-state index contributed by atoms with van der Waals surface area (Å²) >= 11 is 1.12. The third-order valence-corrected chi connectivity index (χ3v) is 4.51. The molecule has 0 aromatic carbocycles. The van der Waals surface area contributed by atoms with Crippen molar-refractivity contribution >= 4 is 23.4 Å². The number of aryl methyl sites for hydroxylation is 1. The second-order valence-electron chi connectivity index (χ2n) is 6.91. The van der Waals surface area contributed by atoms with E-state index < -0.39 is 17.7 Å². The molecule has 0 unspecified atom stereocenters. The van der Waals surface area contributed by atoms with E-state index >= 15 is 0 Å². The Labute approximate surface area is 145 Å². The number of nitrogens with one attached hydrogen (secondary N) is 1. The average Bonchev–Trinajstić information content (AvgIpc) is 2.80. The lowest BCUT2D eigenvalue weighted by molar-refractivity contribution is 0.0466. The summed E-state index contributed by atoms with van der Waals surface area (Å²) < 4.78 is 11.0. The normalized spacial score (nSPS) is 21.2. The van der Waals surface area contributed by atoms with Gasteiger partial charge in [0, 0.05) is 6.04 Å². The van der Waals surface area contributed by atoms with E-state index in [0.717, 1.165) is 37.0 Å². The number of nitrogens with zero attached hydrogens (tertiary/aromatic N) is 1. The van der Waals surface area contributed by atoms with Crippen LogP contribution in [0.15, 0.2) is 0 Å². The highest BCUT2D eigenvalue weighted by molar-refractivity contribution is 7.13. The van der Waals surface area contributed by atoms with Crippen LogP contribution in [0.4, 0.5) is 4.79 Å². The first-order valence-corrected chi connectivity index (χ1v) is 8.82. The van der Waals surface area contributed by atoms with Gasteiger partial charge in [-0.15, -0.1) is 11.3 Å². The van der Waals surface area contributed by atoms with Crippen LogP contribution in [0.5, 0.6) is 5.88 Å². The van der Waals surface area contributed by atoms with Crippen molar-refractivity contribution in [3.63, 3.8) is 0 Å². The molecule has 0 bridgehead atoms. The van der Waals surface area contributed by atoms with Crippen molar-refractivity contribution < 1.29 is 24.2 Å². The molecular formula is C16H24N2O5S. The summed E-state index contributed by atoms with van der Waals surface area (Å²) in [5.41, 5.74) is -0.514. The molecule has 1 saturated carbocycles. The Balaban J connectivity index is 1.83. The standard InChI is InChI=1S/C16H24N2O5S/c1-9-17-13(12(24-9)14(19)20)22-11-7-5-10(6-8-11)18-15(21)23-16(2,3)4/h10-11H,5-8H2,1-4H3,(H,18,21)(H,19,20). The number of alkyl carbamates (subject to hydrolysis) is 1. The monoisotopic (exact) mass is 356 g/mol. The molecule has 1 amide bonds. The number of aromatic carboxylic acids is 1. The van der Waals surface area contributed by atoms with Gasteiger partial charge in [0.15, 0.2) is 4.88 Å². The van der Waals surface area contributed by atoms with Crippen LogP contribution in [0.2, 0.25) is 0 Å². The van der Waals surface area contributed by atoms with Crippen molar-refractivity contribution in [2.45, 2.75) is 71.1 Å². The lowest BCUT2D eigenvalue weighted by Crippen LogP contribution is -2.42. The lowest BCUT2D eigenvalue weighted by atomic mass is 9.93. The first-order valence-electron chi connectivity index (χ1n) is 8.01. The zero-order valence-electron chi connectivity index (χ0n) is 14.4. The number of hydrogen-bond donors (Lipinski definition) is 2. The van der Waals surface area contributed by atoms with Gasteiger partial charge in [0.05, 0.1) is 5.01 Å². The minimum absolute atomic E-state index is 0.0517. The molecule has 1 aliphatic rings. The number of carbonyl (C=O) groups excluding carboxylic acids is 1. The highest BCUT2D eigenvalue weighted by Gasteiger charge is 2.27. The van der Waals surface area contributed by atoms with Crippen molar-refractivity contribution in [2.75, 3.05) is 0 Å². The van der Waals surface area contributed by atoms with Crippen molar-refractivity contribution in [3.05, 3.63) is 9.88 Å². The second-order valence-corrected chi connectivity index (χ2v) is 8.11. The number of carboxylic acid groups (broad SMARTS) is 1. The number of ether oxygens (including phenoxy) is 2. The van der Waals surface area contributed by atoms with Crippen molar-refractivity contribution in [1.29, 1.82) is 0 Å². The summed E-state index contributed by atoms with van der Waals surface area (Å²) in [6.45, 7) is 7.24. The second kappa shape index (κ2) is 7.38. The summed E-state index contributed by atoms with van der Waals surface area (Å²) in [6, 6.07) is 0.0517. The molecule has 0 radical (unpaired) electrons. The SMILES string of the molecule is Cc1nc(OC2CCC(NC(=O)OC(C)(C)C)CC2)c(C(=O)O)s1. The van der Waals surface area contributed by atoms with Gasteiger partial charge in [0.2, 0.25) is 5.88 Å². The smallest absolute Gasteiger partial charge is 0.407 e. The number of hydrogen-bond acceptors (Lipinski definition) is 6. The van der Waals surface area contributed by atoms with E-state index in [-0.39, 0.29) is 22.9 Å². The fraction of sp³-hybridized carbons (Fsp3) is 0.688. The van der Waals surface area contributed by atoms with E-state index in [2.05, 4.69) is 10.3 Å². The van der Waals surface area contributed by atoms with Crippen LogP contribution in [0.1, 0.15) is 61.1 Å². The van der Waals surface area contributed by atoms with Gasteiger partial charge in [-0.25, -0.2) is 14.6 Å². The summed E-state index contributed by atoms with van der Waals surface area (Å²) in [6.07, 6.45) is 2.49. The lowest BCUT2D eigenvalue weighted by Gasteiger charge is -2.30. The van der Waals surface area contributed by atoms with Crippen LogP contribution in [-0.4, -0.2) is 39.9 Å². The van der Waals surface area contributed by atoms with Gasteiger partial charge in [-0.05, 0) is 53.4 Å². The number of rotatable bonds is 4. The predicted octanol–water partition coefficient (Wildman–Crippen LogP) is 3.36. The number of amides is 1. The number of aromatic nitrogens is 1. The molecule has 1 fully saturated rings. The molecule has 1 aliphatic carbocycles. The highest BCUT2D eigenvalue weighted by Crippen LogP contribution is 2.29. The van der Waals surface area contributed by atoms with Gasteiger partial charge in [0.1, 0.15) is 11.7 Å². The molecule has 1 heterocycles. The van der Waals surface area contributed by atoms with Gasteiger partial charge >= 0.3 is 12.1 Å². The largest absolute Gasteiger partial charge is 0.477 e. The molecule has 134 valence electrons. The summed E-state index contributed by atoms with van der Waals surface area (Å²) in [5, 5.41) is 12.7. The molecule has 2 rings (SSSR count). The van der Waals surface area contributed by atoms with Gasteiger partial charge < -0.3 is 19.9 Å². The van der Waals surface area contributed by atoms with Crippen molar-refractivity contribution in [3.8, 4) is 5.88 Å². The third kappa shape index (κ3) is 5.36. The van der Waals surface area contributed by atoms with Gasteiger partial charge in [-0.2, -0.15) is 0 Å². The van der Waals surface area contributed by atoms with E-state index in [9.17, 15) is 14.7 Å². The van der Waals surface area contributed by atoms with Crippen molar-refractivity contribution in [2.24, 2.45) is 0 Å². The minimum atomic E-state index is -1.02. The third-order valence-electron chi connectivity index (χ3n) is 3.57. The molecule has 0 atom stereocenters. The summed E-state index contributed by atoms with van der Waals surface area (Å²) in [7, 11) is 0. The number of thiazole rings is 1. The quantitative estimate of drug-likeness (QED) is 0.858. The van der Waals surface area contributed by atoms with Crippen molar-refractivity contribution in [1.82, 2.24) is 10.3 Å². The van der Waals surface area contributed by atoms with Crippen LogP contribution >= 0.6 is 11.3 Å².